The highest BCUT2D eigenvalue weighted by Crippen LogP contribution is 2.26. The molecule has 0 saturated carbocycles. The van der Waals surface area contributed by atoms with Crippen LogP contribution < -0.4 is 5.32 Å². The van der Waals surface area contributed by atoms with Crippen molar-refractivity contribution >= 4 is 33.1 Å². The molecule has 2 aromatic heterocycles. The van der Waals surface area contributed by atoms with Gasteiger partial charge in [0, 0.05) is 34.8 Å². The fraction of sp³-hybridized carbons (Fsp3) is 0.0769. The van der Waals surface area contributed by atoms with E-state index in [-0.39, 0.29) is 5.91 Å². The molecule has 1 N–H and O–H groups in total. The van der Waals surface area contributed by atoms with E-state index in [4.69, 9.17) is 0 Å². The van der Waals surface area contributed by atoms with Crippen LogP contribution in [0.1, 0.15) is 10.4 Å². The number of aromatic nitrogens is 2. The number of hydrogen-bond donors (Lipinski definition) is 1. The van der Waals surface area contributed by atoms with Crippen molar-refractivity contribution in [3.8, 4) is 0 Å². The summed E-state index contributed by atoms with van der Waals surface area (Å²) in [5.41, 5.74) is 0.696. The van der Waals surface area contributed by atoms with Gasteiger partial charge >= 0.3 is 0 Å². The molecule has 18 heavy (non-hydrogen) atoms. The van der Waals surface area contributed by atoms with Crippen molar-refractivity contribution in [2.75, 3.05) is 5.32 Å². The lowest BCUT2D eigenvalue weighted by molar-refractivity contribution is 0.102. The Kier molecular flexibility index (Phi) is 2.60. The molecule has 0 bridgehead atoms. The van der Waals surface area contributed by atoms with Gasteiger partial charge in [0.25, 0.3) is 5.91 Å². The highest BCUT2D eigenvalue weighted by molar-refractivity contribution is 7.17. The molecule has 0 aliphatic heterocycles. The third-order valence-corrected chi connectivity index (χ3v) is 3.64. The maximum Gasteiger partial charge on any atom is 0.258 e. The molecule has 0 atom stereocenters. The number of carbonyl (C=O) groups is 1. The number of nitrogens with one attached hydrogen (secondary N) is 1. The average molecular weight is 257 g/mol. The SMILES string of the molecule is Cn1ccc(NC(=O)c2csc3ccccc23)n1. The largest absolute Gasteiger partial charge is 0.305 e. The maximum atomic E-state index is 12.1. The topological polar surface area (TPSA) is 46.9 Å². The summed E-state index contributed by atoms with van der Waals surface area (Å²) in [5.74, 6) is 0.448. The van der Waals surface area contributed by atoms with Gasteiger partial charge in [-0.3, -0.25) is 9.48 Å². The van der Waals surface area contributed by atoms with Crippen molar-refractivity contribution in [3.05, 3.63) is 47.5 Å². The van der Waals surface area contributed by atoms with Crippen LogP contribution in [0.5, 0.6) is 0 Å². The number of amides is 1. The highest BCUT2D eigenvalue weighted by atomic mass is 32.1. The number of hydrogen-bond acceptors (Lipinski definition) is 3. The van der Waals surface area contributed by atoms with E-state index in [1.165, 1.54) is 0 Å². The van der Waals surface area contributed by atoms with E-state index >= 15 is 0 Å². The number of nitrogens with zero attached hydrogens (tertiary/aromatic N) is 2. The Morgan fingerprint density at radius 3 is 2.94 bits per heavy atom. The van der Waals surface area contributed by atoms with Gasteiger partial charge in [0.05, 0.1) is 5.56 Å². The van der Waals surface area contributed by atoms with Crippen LogP contribution in [0.4, 0.5) is 5.82 Å². The van der Waals surface area contributed by atoms with E-state index in [2.05, 4.69) is 10.4 Å². The molecular weight excluding hydrogens is 246 g/mol. The normalized spacial score (nSPS) is 10.7. The van der Waals surface area contributed by atoms with Gasteiger partial charge in [0.15, 0.2) is 5.82 Å². The summed E-state index contributed by atoms with van der Waals surface area (Å²) < 4.78 is 2.77. The van der Waals surface area contributed by atoms with Crippen molar-refractivity contribution in [3.63, 3.8) is 0 Å². The second kappa shape index (κ2) is 4.27. The first kappa shape index (κ1) is 11.0. The lowest BCUT2D eigenvalue weighted by Gasteiger charge is -2.00. The average Bonchev–Trinajstić information content (AvgIpc) is 2.95. The number of benzene rings is 1. The molecule has 4 nitrogen and oxygen atoms in total. The summed E-state index contributed by atoms with van der Waals surface area (Å²) in [6.07, 6.45) is 1.79. The zero-order chi connectivity index (χ0) is 12.5. The molecule has 0 aliphatic carbocycles. The van der Waals surface area contributed by atoms with Crippen LogP contribution >= 0.6 is 11.3 Å². The zero-order valence-corrected chi connectivity index (χ0v) is 10.6. The number of thiophene rings is 1. The second-order valence-electron chi connectivity index (χ2n) is 3.97. The molecule has 0 fully saturated rings. The van der Waals surface area contributed by atoms with Gasteiger partial charge in [-0.25, -0.2) is 0 Å². The third-order valence-electron chi connectivity index (χ3n) is 2.68. The fourth-order valence-corrected chi connectivity index (χ4v) is 2.76. The summed E-state index contributed by atoms with van der Waals surface area (Å²) >= 11 is 1.57. The summed E-state index contributed by atoms with van der Waals surface area (Å²) in [6, 6.07) is 9.65. The van der Waals surface area contributed by atoms with Crippen molar-refractivity contribution < 1.29 is 4.79 Å². The highest BCUT2D eigenvalue weighted by Gasteiger charge is 2.12. The first-order valence-corrected chi connectivity index (χ1v) is 6.39. The van der Waals surface area contributed by atoms with Crippen LogP contribution in [0.25, 0.3) is 10.1 Å². The predicted octanol–water partition coefficient (Wildman–Crippen LogP) is 2.89. The van der Waals surface area contributed by atoms with E-state index < -0.39 is 0 Å². The standard InChI is InChI=1S/C13H11N3OS/c1-16-7-6-12(15-16)14-13(17)10-8-18-11-5-3-2-4-9(10)11/h2-8H,1H3,(H,14,15,17). The summed E-state index contributed by atoms with van der Waals surface area (Å²) in [4.78, 5) is 12.1. The van der Waals surface area contributed by atoms with E-state index in [0.29, 0.717) is 11.4 Å². The molecule has 0 radical (unpaired) electrons. The smallest absolute Gasteiger partial charge is 0.258 e. The summed E-state index contributed by atoms with van der Waals surface area (Å²) in [5, 5.41) is 9.78. The molecule has 3 aromatic rings. The molecule has 90 valence electrons. The second-order valence-corrected chi connectivity index (χ2v) is 4.89. The maximum absolute atomic E-state index is 12.1. The Bertz CT molecular complexity index is 714. The first-order valence-electron chi connectivity index (χ1n) is 5.51. The number of carbonyl (C=O) groups excluding carboxylic acids is 1. The number of fused-ring (bicyclic) bond motifs is 1. The van der Waals surface area contributed by atoms with Crippen molar-refractivity contribution in [1.82, 2.24) is 9.78 Å². The molecule has 3 rings (SSSR count). The Hall–Kier alpha value is -2.14. The van der Waals surface area contributed by atoms with Gasteiger partial charge in [0.2, 0.25) is 0 Å². The van der Waals surface area contributed by atoms with E-state index in [1.54, 1.807) is 28.3 Å². The molecule has 0 unspecified atom stereocenters. The van der Waals surface area contributed by atoms with Gasteiger partial charge in [-0.05, 0) is 6.07 Å². The minimum atomic E-state index is -0.119. The van der Waals surface area contributed by atoms with E-state index in [9.17, 15) is 4.79 Å². The van der Waals surface area contributed by atoms with E-state index in [1.807, 2.05) is 36.7 Å². The summed E-state index contributed by atoms with van der Waals surface area (Å²) in [7, 11) is 1.82. The van der Waals surface area contributed by atoms with Gasteiger partial charge in [0.1, 0.15) is 0 Å². The summed E-state index contributed by atoms with van der Waals surface area (Å²) in [6.45, 7) is 0. The molecule has 0 saturated heterocycles. The molecule has 0 aliphatic rings. The van der Waals surface area contributed by atoms with Gasteiger partial charge in [-0.15, -0.1) is 11.3 Å². The first-order chi connectivity index (χ1) is 8.74. The molecule has 2 heterocycles. The molecule has 5 heteroatoms. The van der Waals surface area contributed by atoms with Crippen LogP contribution in [-0.2, 0) is 7.05 Å². The van der Waals surface area contributed by atoms with Crippen molar-refractivity contribution in [2.45, 2.75) is 0 Å². The Morgan fingerprint density at radius 1 is 1.33 bits per heavy atom. The molecule has 1 amide bonds. The van der Waals surface area contributed by atoms with Crippen molar-refractivity contribution in [2.24, 2.45) is 7.05 Å². The Morgan fingerprint density at radius 2 is 2.17 bits per heavy atom. The minimum absolute atomic E-state index is 0.119. The zero-order valence-electron chi connectivity index (χ0n) is 9.75. The molecular formula is C13H11N3OS. The van der Waals surface area contributed by atoms with Crippen molar-refractivity contribution in [1.29, 1.82) is 0 Å². The quantitative estimate of drug-likeness (QED) is 0.767. The van der Waals surface area contributed by atoms with Crippen LogP contribution in [0.15, 0.2) is 41.9 Å². The van der Waals surface area contributed by atoms with Crippen LogP contribution in [0.3, 0.4) is 0 Å². The predicted molar refractivity (Wildman–Crippen MR) is 73.0 cm³/mol. The minimum Gasteiger partial charge on any atom is -0.305 e. The third kappa shape index (κ3) is 1.89. The Balaban J connectivity index is 1.92. The van der Waals surface area contributed by atoms with Crippen LogP contribution in [-0.4, -0.2) is 15.7 Å². The number of anilines is 1. The monoisotopic (exact) mass is 257 g/mol. The van der Waals surface area contributed by atoms with Gasteiger partial charge in [-0.1, -0.05) is 18.2 Å². The molecule has 1 aromatic carbocycles. The molecule has 0 spiro atoms. The van der Waals surface area contributed by atoms with Gasteiger partial charge < -0.3 is 5.32 Å². The van der Waals surface area contributed by atoms with Crippen LogP contribution in [0.2, 0.25) is 0 Å². The van der Waals surface area contributed by atoms with Gasteiger partial charge in [-0.2, -0.15) is 5.10 Å². The fourth-order valence-electron chi connectivity index (χ4n) is 1.82. The lowest BCUT2D eigenvalue weighted by atomic mass is 10.2. The van der Waals surface area contributed by atoms with E-state index in [0.717, 1.165) is 10.1 Å². The number of rotatable bonds is 2. The lowest BCUT2D eigenvalue weighted by Crippen LogP contribution is -2.11. The number of aryl methyl sites for hydroxylation is 1. The Labute approximate surface area is 108 Å². The van der Waals surface area contributed by atoms with Crippen LogP contribution in [0, 0.1) is 0 Å².